The van der Waals surface area contributed by atoms with E-state index in [9.17, 15) is 9.59 Å². The Hall–Kier alpha value is -2.25. The minimum atomic E-state index is -0.179. The second kappa shape index (κ2) is 8.94. The van der Waals surface area contributed by atoms with Gasteiger partial charge in [0.15, 0.2) is 5.16 Å². The van der Waals surface area contributed by atoms with Crippen LogP contribution < -0.4 is 10.9 Å². The molecule has 0 aliphatic heterocycles. The molecule has 2 heterocycles. The first-order valence-electron chi connectivity index (χ1n) is 11.1. The minimum Gasteiger partial charge on any atom is -0.467 e. The van der Waals surface area contributed by atoms with E-state index in [-0.39, 0.29) is 29.8 Å². The lowest BCUT2D eigenvalue weighted by atomic mass is 9.84. The van der Waals surface area contributed by atoms with Crippen LogP contribution in [0.4, 0.5) is 0 Å². The summed E-state index contributed by atoms with van der Waals surface area (Å²) in [4.78, 5) is 30.6. The van der Waals surface area contributed by atoms with Crippen molar-refractivity contribution in [3.8, 4) is 0 Å². The molecule has 4 atom stereocenters. The maximum atomic E-state index is 13.2. The fourth-order valence-corrected chi connectivity index (χ4v) is 6.40. The maximum absolute atomic E-state index is 13.2. The Morgan fingerprint density at radius 3 is 2.94 bits per heavy atom. The largest absolute Gasteiger partial charge is 0.467 e. The van der Waals surface area contributed by atoms with Crippen LogP contribution in [-0.4, -0.2) is 27.3 Å². The quantitative estimate of drug-likeness (QED) is 0.398. The normalized spacial score (nSPS) is 23.0. The number of carbonyl (C=O) groups excluding carboxylic acids is 1. The van der Waals surface area contributed by atoms with Gasteiger partial charge in [0.1, 0.15) is 5.76 Å². The molecule has 32 heavy (non-hydrogen) atoms. The van der Waals surface area contributed by atoms with Gasteiger partial charge >= 0.3 is 0 Å². The first-order chi connectivity index (χ1) is 15.5. The molecular formula is C24H26ClN3O3S. The number of fused-ring (bicyclic) bond motifs is 3. The fraction of sp³-hybridized carbons (Fsp3) is 0.458. The molecule has 8 heteroatoms. The van der Waals surface area contributed by atoms with Crippen molar-refractivity contribution in [2.75, 3.05) is 5.75 Å². The molecule has 2 aliphatic carbocycles. The number of rotatable bonds is 7. The van der Waals surface area contributed by atoms with E-state index in [4.69, 9.17) is 16.0 Å². The predicted octanol–water partition coefficient (Wildman–Crippen LogP) is 4.72. The number of nitrogens with zero attached hydrogens (tertiary/aromatic N) is 2. The Bertz CT molecular complexity index is 1190. The van der Waals surface area contributed by atoms with Gasteiger partial charge in [0.2, 0.25) is 5.91 Å². The molecule has 4 unspecified atom stereocenters. The van der Waals surface area contributed by atoms with E-state index in [1.165, 1.54) is 37.4 Å². The van der Waals surface area contributed by atoms with Crippen molar-refractivity contribution >= 4 is 40.2 Å². The molecule has 5 rings (SSSR count). The van der Waals surface area contributed by atoms with Gasteiger partial charge in [-0.05, 0) is 74.3 Å². The molecule has 2 aliphatic rings. The number of hydrogen-bond donors (Lipinski definition) is 1. The maximum Gasteiger partial charge on any atom is 0.262 e. The van der Waals surface area contributed by atoms with Crippen molar-refractivity contribution in [2.45, 2.75) is 50.4 Å². The molecule has 1 amide bonds. The summed E-state index contributed by atoms with van der Waals surface area (Å²) in [5.41, 5.74) is 0.345. The van der Waals surface area contributed by atoms with Crippen LogP contribution in [0.15, 0.2) is 51.0 Å². The van der Waals surface area contributed by atoms with Gasteiger partial charge in [0.05, 0.1) is 29.5 Å². The average Bonchev–Trinajstić information content (AvgIpc) is 3.53. The van der Waals surface area contributed by atoms with Gasteiger partial charge in [-0.25, -0.2) is 4.98 Å². The molecule has 3 aromatic rings. The van der Waals surface area contributed by atoms with E-state index in [1.807, 2.05) is 6.07 Å². The lowest BCUT2D eigenvalue weighted by Gasteiger charge is -2.28. The first-order valence-corrected chi connectivity index (χ1v) is 12.5. The highest BCUT2D eigenvalue weighted by molar-refractivity contribution is 7.99. The summed E-state index contributed by atoms with van der Waals surface area (Å²) in [6.45, 7) is 2.37. The number of thioether (sulfide) groups is 1. The van der Waals surface area contributed by atoms with E-state index >= 15 is 0 Å². The zero-order chi connectivity index (χ0) is 22.2. The standard InChI is InChI=1S/C24H26ClN3O3S/c1-14(20-10-15-4-5-16(20)9-15)26-22(29)13-32-24-27-21-11-17(25)6-7-19(21)23(30)28(24)12-18-3-2-8-31-18/h2-3,6-8,11,14-16,20H,4-5,9-10,12-13H2,1H3,(H,26,29). The minimum absolute atomic E-state index is 0.0322. The van der Waals surface area contributed by atoms with Gasteiger partial charge in [0, 0.05) is 11.1 Å². The summed E-state index contributed by atoms with van der Waals surface area (Å²) in [5, 5.41) is 4.67. The molecular weight excluding hydrogens is 446 g/mol. The Kier molecular flexibility index (Phi) is 6.03. The molecule has 1 aromatic carbocycles. The van der Waals surface area contributed by atoms with Crippen LogP contribution in [0.2, 0.25) is 5.02 Å². The van der Waals surface area contributed by atoms with Gasteiger partial charge in [-0.3, -0.25) is 14.2 Å². The summed E-state index contributed by atoms with van der Waals surface area (Å²) in [6, 6.07) is 8.82. The van der Waals surface area contributed by atoms with Crippen LogP contribution in [0, 0.1) is 17.8 Å². The van der Waals surface area contributed by atoms with Crippen molar-refractivity contribution < 1.29 is 9.21 Å². The molecule has 2 fully saturated rings. The van der Waals surface area contributed by atoms with Crippen LogP contribution in [0.25, 0.3) is 10.9 Å². The summed E-state index contributed by atoms with van der Waals surface area (Å²) < 4.78 is 7.00. The number of carbonyl (C=O) groups is 1. The molecule has 2 saturated carbocycles. The Labute approximate surface area is 195 Å². The van der Waals surface area contributed by atoms with E-state index in [0.717, 1.165) is 11.8 Å². The Morgan fingerprint density at radius 1 is 1.34 bits per heavy atom. The average molecular weight is 472 g/mol. The van der Waals surface area contributed by atoms with E-state index in [2.05, 4.69) is 17.2 Å². The second-order valence-corrected chi connectivity index (χ2v) is 10.4. The Balaban J connectivity index is 1.34. The molecule has 6 nitrogen and oxygen atoms in total. The fourth-order valence-electron chi connectivity index (χ4n) is 5.42. The third-order valence-corrected chi connectivity index (χ3v) is 8.14. The molecule has 0 spiro atoms. The highest BCUT2D eigenvalue weighted by Gasteiger charge is 2.42. The summed E-state index contributed by atoms with van der Waals surface area (Å²) in [5.74, 6) is 3.01. The SMILES string of the molecule is CC(NC(=O)CSc1nc2cc(Cl)ccc2c(=O)n1Cc1ccco1)C1CC2CCC1C2. The topological polar surface area (TPSA) is 77.1 Å². The number of amides is 1. The monoisotopic (exact) mass is 471 g/mol. The van der Waals surface area contributed by atoms with Crippen LogP contribution in [0.5, 0.6) is 0 Å². The highest BCUT2D eigenvalue weighted by Crippen LogP contribution is 2.49. The van der Waals surface area contributed by atoms with Crippen molar-refractivity contribution in [3.63, 3.8) is 0 Å². The van der Waals surface area contributed by atoms with Gasteiger partial charge in [0.25, 0.3) is 5.56 Å². The highest BCUT2D eigenvalue weighted by atomic mass is 35.5. The Morgan fingerprint density at radius 2 is 2.22 bits per heavy atom. The van der Waals surface area contributed by atoms with Gasteiger partial charge < -0.3 is 9.73 Å². The molecule has 2 aromatic heterocycles. The van der Waals surface area contributed by atoms with Crippen molar-refractivity contribution in [3.05, 3.63) is 57.7 Å². The third kappa shape index (κ3) is 4.33. The lowest BCUT2D eigenvalue weighted by Crippen LogP contribution is -2.41. The number of hydrogen-bond acceptors (Lipinski definition) is 5. The summed E-state index contributed by atoms with van der Waals surface area (Å²) in [7, 11) is 0. The van der Waals surface area contributed by atoms with E-state index < -0.39 is 0 Å². The van der Waals surface area contributed by atoms with E-state index in [1.54, 1.807) is 35.1 Å². The third-order valence-electron chi connectivity index (χ3n) is 6.93. The van der Waals surface area contributed by atoms with Gasteiger partial charge in [-0.1, -0.05) is 29.8 Å². The summed E-state index contributed by atoms with van der Waals surface area (Å²) >= 11 is 7.38. The number of benzene rings is 1. The number of aromatic nitrogens is 2. The van der Waals surface area contributed by atoms with Crippen LogP contribution >= 0.6 is 23.4 Å². The number of halogens is 1. The smallest absolute Gasteiger partial charge is 0.262 e. The molecule has 1 N–H and O–H groups in total. The molecule has 2 bridgehead atoms. The van der Waals surface area contributed by atoms with Gasteiger partial charge in [-0.2, -0.15) is 0 Å². The number of furan rings is 1. The molecule has 0 radical (unpaired) electrons. The van der Waals surface area contributed by atoms with Gasteiger partial charge in [-0.15, -0.1) is 0 Å². The summed E-state index contributed by atoms with van der Waals surface area (Å²) in [6.07, 6.45) is 6.78. The lowest BCUT2D eigenvalue weighted by molar-refractivity contribution is -0.119. The van der Waals surface area contributed by atoms with Crippen molar-refractivity contribution in [2.24, 2.45) is 17.8 Å². The van der Waals surface area contributed by atoms with Crippen LogP contribution in [0.1, 0.15) is 38.4 Å². The zero-order valence-electron chi connectivity index (χ0n) is 17.9. The van der Waals surface area contributed by atoms with Crippen LogP contribution in [-0.2, 0) is 11.3 Å². The number of nitrogens with one attached hydrogen (secondary N) is 1. The molecule has 0 saturated heterocycles. The second-order valence-electron chi connectivity index (χ2n) is 9.01. The van der Waals surface area contributed by atoms with E-state index in [0.29, 0.717) is 32.8 Å². The van der Waals surface area contributed by atoms with Crippen molar-refractivity contribution in [1.82, 2.24) is 14.9 Å². The zero-order valence-corrected chi connectivity index (χ0v) is 19.5. The first kappa shape index (κ1) is 21.6. The van der Waals surface area contributed by atoms with Crippen molar-refractivity contribution in [1.29, 1.82) is 0 Å². The molecule has 168 valence electrons. The van der Waals surface area contributed by atoms with Crippen LogP contribution in [0.3, 0.4) is 0 Å². The predicted molar refractivity (Wildman–Crippen MR) is 126 cm³/mol.